The van der Waals surface area contributed by atoms with E-state index in [1.807, 2.05) is 13.8 Å². The normalized spacial score (nSPS) is 13.4. The van der Waals surface area contributed by atoms with E-state index in [1.54, 1.807) is 31.2 Å². The first-order valence-corrected chi connectivity index (χ1v) is 10.1. The molecule has 3 aromatic rings. The topological polar surface area (TPSA) is 79.5 Å². The highest BCUT2D eigenvalue weighted by Gasteiger charge is 2.31. The van der Waals surface area contributed by atoms with Crippen LogP contribution in [0.3, 0.4) is 0 Å². The van der Waals surface area contributed by atoms with E-state index in [-0.39, 0.29) is 11.4 Å². The van der Waals surface area contributed by atoms with Crippen molar-refractivity contribution in [3.8, 4) is 5.75 Å². The molecule has 5 nitrogen and oxygen atoms in total. The fraction of sp³-hybridized carbons (Fsp3) is 0.304. The zero-order valence-electron chi connectivity index (χ0n) is 16.9. The molecule has 0 amide bonds. The van der Waals surface area contributed by atoms with E-state index in [0.717, 1.165) is 12.5 Å². The molecule has 0 aliphatic rings. The number of aromatic hydroxyl groups is 1. The van der Waals surface area contributed by atoms with Crippen LogP contribution in [0.25, 0.3) is 10.9 Å². The van der Waals surface area contributed by atoms with E-state index in [0.29, 0.717) is 33.7 Å². The summed E-state index contributed by atoms with van der Waals surface area (Å²) >= 11 is 5.91. The minimum absolute atomic E-state index is 0.130. The number of aliphatic carboxylic acids is 1. The number of benzene rings is 2. The lowest BCUT2D eigenvalue weighted by atomic mass is 9.87. The van der Waals surface area contributed by atoms with E-state index in [4.69, 9.17) is 11.6 Å². The number of rotatable bonds is 6. The molecule has 1 heterocycles. The Morgan fingerprint density at radius 1 is 1.20 bits per heavy atom. The van der Waals surface area contributed by atoms with Crippen molar-refractivity contribution in [1.29, 1.82) is 0 Å². The summed E-state index contributed by atoms with van der Waals surface area (Å²) in [6.45, 7) is 5.58. The van der Waals surface area contributed by atoms with Gasteiger partial charge in [-0.1, -0.05) is 31.9 Å². The zero-order valence-corrected chi connectivity index (χ0v) is 17.7. The number of carboxylic acids is 1. The van der Waals surface area contributed by atoms with Crippen LogP contribution in [0.4, 0.5) is 4.39 Å². The molecule has 30 heavy (non-hydrogen) atoms. The van der Waals surface area contributed by atoms with Gasteiger partial charge in [-0.3, -0.25) is 14.2 Å². The Labute approximate surface area is 178 Å². The number of nitrogens with zero attached hydrogens (tertiary/aromatic N) is 1. The second kappa shape index (κ2) is 8.48. The summed E-state index contributed by atoms with van der Waals surface area (Å²) in [4.78, 5) is 25.4. The van der Waals surface area contributed by atoms with Crippen molar-refractivity contribution in [2.24, 2.45) is 5.92 Å². The Morgan fingerprint density at radius 2 is 1.83 bits per heavy atom. The second-order valence-electron chi connectivity index (χ2n) is 7.61. The number of phenols is 1. The number of hydrogen-bond acceptors (Lipinski definition) is 3. The fourth-order valence-corrected chi connectivity index (χ4v) is 3.91. The molecule has 2 unspecified atom stereocenters. The molecule has 0 aliphatic heterocycles. The van der Waals surface area contributed by atoms with Crippen LogP contribution in [0.5, 0.6) is 5.75 Å². The number of halogens is 2. The first-order valence-electron chi connectivity index (χ1n) is 9.72. The van der Waals surface area contributed by atoms with Gasteiger partial charge in [0, 0.05) is 27.7 Å². The number of hydrogen-bond donors (Lipinski definition) is 2. The monoisotopic (exact) mass is 431 g/mol. The molecule has 3 rings (SSSR count). The third-order valence-electron chi connectivity index (χ3n) is 5.60. The van der Waals surface area contributed by atoms with Gasteiger partial charge in [0.15, 0.2) is 11.6 Å². The van der Waals surface area contributed by atoms with Crippen molar-refractivity contribution in [2.45, 2.75) is 39.5 Å². The molecule has 7 heteroatoms. The first-order chi connectivity index (χ1) is 14.1. The number of carbonyl (C=O) groups excluding carboxylic acids is 1. The van der Waals surface area contributed by atoms with Crippen molar-refractivity contribution >= 4 is 34.4 Å². The Kier molecular flexibility index (Phi) is 6.17. The molecular weight excluding hydrogens is 409 g/mol. The van der Waals surface area contributed by atoms with E-state index >= 15 is 0 Å². The molecule has 0 radical (unpaired) electrons. The SMILES string of the molecule is CCC(C)CC(C(=O)O)c1c(C)n(C(=O)c2ccc(Cl)cc2)c2cc(F)c(O)cc12. The molecule has 2 atom stereocenters. The predicted molar refractivity (Wildman–Crippen MR) is 114 cm³/mol. The van der Waals surface area contributed by atoms with Crippen molar-refractivity contribution < 1.29 is 24.2 Å². The van der Waals surface area contributed by atoms with Crippen LogP contribution in [0.15, 0.2) is 36.4 Å². The lowest BCUT2D eigenvalue weighted by molar-refractivity contribution is -0.139. The average Bonchev–Trinajstić information content (AvgIpc) is 2.97. The highest BCUT2D eigenvalue weighted by molar-refractivity contribution is 6.30. The Morgan fingerprint density at radius 3 is 2.40 bits per heavy atom. The smallest absolute Gasteiger partial charge is 0.311 e. The number of carbonyl (C=O) groups is 2. The third-order valence-corrected chi connectivity index (χ3v) is 5.85. The summed E-state index contributed by atoms with van der Waals surface area (Å²) in [6.07, 6.45) is 1.16. The lowest BCUT2D eigenvalue weighted by Crippen LogP contribution is -2.18. The fourth-order valence-electron chi connectivity index (χ4n) is 3.78. The Hall–Kier alpha value is -2.86. The van der Waals surface area contributed by atoms with Crippen molar-refractivity contribution in [3.05, 3.63) is 64.1 Å². The van der Waals surface area contributed by atoms with Crippen molar-refractivity contribution in [1.82, 2.24) is 4.57 Å². The number of fused-ring (bicyclic) bond motifs is 1. The maximum Gasteiger partial charge on any atom is 0.311 e. The van der Waals surface area contributed by atoms with Crippen LogP contribution in [0.1, 0.15) is 54.2 Å². The van der Waals surface area contributed by atoms with Gasteiger partial charge in [0.1, 0.15) is 0 Å². The van der Waals surface area contributed by atoms with E-state index < -0.39 is 29.4 Å². The molecule has 158 valence electrons. The van der Waals surface area contributed by atoms with E-state index in [2.05, 4.69) is 0 Å². The first kappa shape index (κ1) is 21.8. The lowest BCUT2D eigenvalue weighted by Gasteiger charge is -2.17. The summed E-state index contributed by atoms with van der Waals surface area (Å²) in [5.41, 5.74) is 1.36. The molecule has 0 spiro atoms. The Bertz CT molecular complexity index is 1120. The van der Waals surface area contributed by atoms with Crippen LogP contribution in [0.2, 0.25) is 5.02 Å². The molecule has 0 saturated carbocycles. The van der Waals surface area contributed by atoms with Gasteiger partial charge in [0.25, 0.3) is 5.91 Å². The second-order valence-corrected chi connectivity index (χ2v) is 8.04. The zero-order chi connectivity index (χ0) is 22.2. The summed E-state index contributed by atoms with van der Waals surface area (Å²) in [5.74, 6) is -3.70. The molecule has 0 fully saturated rings. The molecule has 0 aliphatic carbocycles. The highest BCUT2D eigenvalue weighted by Crippen LogP contribution is 2.38. The van der Waals surface area contributed by atoms with E-state index in [1.165, 1.54) is 10.6 Å². The average molecular weight is 432 g/mol. The molecule has 0 saturated heterocycles. The number of phenolic OH excluding ortho intramolecular Hbond substituents is 1. The van der Waals surface area contributed by atoms with E-state index in [9.17, 15) is 24.2 Å². The van der Waals surface area contributed by atoms with Crippen LogP contribution >= 0.6 is 11.6 Å². The largest absolute Gasteiger partial charge is 0.505 e. The van der Waals surface area contributed by atoms with Gasteiger partial charge in [-0.05, 0) is 55.2 Å². The summed E-state index contributed by atoms with van der Waals surface area (Å²) in [6, 6.07) is 8.53. The summed E-state index contributed by atoms with van der Waals surface area (Å²) in [5, 5.41) is 20.7. The summed E-state index contributed by atoms with van der Waals surface area (Å²) < 4.78 is 15.5. The van der Waals surface area contributed by atoms with Crippen molar-refractivity contribution in [2.75, 3.05) is 0 Å². The molecule has 1 aromatic heterocycles. The predicted octanol–water partition coefficient (Wildman–Crippen LogP) is 5.74. The quantitative estimate of drug-likeness (QED) is 0.521. The van der Waals surface area contributed by atoms with Gasteiger partial charge in [0.05, 0.1) is 11.4 Å². The molecule has 0 bridgehead atoms. The van der Waals surface area contributed by atoms with Crippen LogP contribution < -0.4 is 0 Å². The number of aromatic nitrogens is 1. The molecule has 2 N–H and O–H groups in total. The maximum atomic E-state index is 14.2. The standard InChI is InChI=1S/C23H23ClFNO4/c1-4-12(2)9-17(23(29)30)21-13(3)26(19-11-18(25)20(27)10-16(19)21)22(28)14-5-7-15(24)8-6-14/h5-8,10-12,17,27H,4,9H2,1-3H3,(H,29,30). The van der Waals surface area contributed by atoms with Crippen LogP contribution in [-0.4, -0.2) is 26.7 Å². The van der Waals surface area contributed by atoms with Gasteiger partial charge in [-0.2, -0.15) is 0 Å². The van der Waals surface area contributed by atoms with Crippen LogP contribution in [-0.2, 0) is 4.79 Å². The molecule has 2 aromatic carbocycles. The Balaban J connectivity index is 2.29. The molecular formula is C23H23ClFNO4. The maximum absolute atomic E-state index is 14.2. The van der Waals surface area contributed by atoms with Crippen LogP contribution in [0, 0.1) is 18.7 Å². The van der Waals surface area contributed by atoms with Gasteiger partial charge in [-0.25, -0.2) is 4.39 Å². The van der Waals surface area contributed by atoms with Crippen molar-refractivity contribution in [3.63, 3.8) is 0 Å². The van der Waals surface area contributed by atoms with Gasteiger partial charge < -0.3 is 10.2 Å². The van der Waals surface area contributed by atoms with Gasteiger partial charge in [-0.15, -0.1) is 0 Å². The minimum Gasteiger partial charge on any atom is -0.505 e. The minimum atomic E-state index is -1.03. The highest BCUT2D eigenvalue weighted by atomic mass is 35.5. The summed E-state index contributed by atoms with van der Waals surface area (Å²) in [7, 11) is 0. The van der Waals surface area contributed by atoms with Gasteiger partial charge >= 0.3 is 5.97 Å². The van der Waals surface area contributed by atoms with Gasteiger partial charge in [0.2, 0.25) is 0 Å². The number of carboxylic acid groups (broad SMARTS) is 1. The third kappa shape index (κ3) is 3.92.